The van der Waals surface area contributed by atoms with Crippen LogP contribution in [0.1, 0.15) is 12.5 Å². The van der Waals surface area contributed by atoms with E-state index in [0.29, 0.717) is 30.3 Å². The third-order valence-corrected chi connectivity index (χ3v) is 4.70. The summed E-state index contributed by atoms with van der Waals surface area (Å²) < 4.78 is 12.5. The van der Waals surface area contributed by atoms with Crippen molar-refractivity contribution < 1.29 is 14.3 Å². The lowest BCUT2D eigenvalue weighted by Crippen LogP contribution is -2.31. The Labute approximate surface area is 146 Å². The Balaban J connectivity index is 2.00. The van der Waals surface area contributed by atoms with Crippen molar-refractivity contribution in [2.45, 2.75) is 18.6 Å². The normalized spacial score (nSPS) is 10.5. The van der Waals surface area contributed by atoms with E-state index in [-0.39, 0.29) is 5.91 Å². The highest BCUT2D eigenvalue weighted by atomic mass is 32.2. The first kappa shape index (κ1) is 18.2. The van der Waals surface area contributed by atoms with Gasteiger partial charge in [-0.1, -0.05) is 17.8 Å². The molecule has 130 valence electrons. The van der Waals surface area contributed by atoms with E-state index < -0.39 is 0 Å². The van der Waals surface area contributed by atoms with Gasteiger partial charge in [-0.25, -0.2) is 4.98 Å². The number of carbonyl (C=O) groups is 1. The van der Waals surface area contributed by atoms with Gasteiger partial charge in [0.1, 0.15) is 0 Å². The summed E-state index contributed by atoms with van der Waals surface area (Å²) in [4.78, 5) is 18.5. The molecule has 24 heavy (non-hydrogen) atoms. The van der Waals surface area contributed by atoms with Crippen LogP contribution in [0, 0.1) is 0 Å². The van der Waals surface area contributed by atoms with E-state index in [2.05, 4.69) is 4.98 Å². The minimum atomic E-state index is 0.0836. The van der Waals surface area contributed by atoms with Crippen molar-refractivity contribution in [1.29, 1.82) is 0 Å². The monoisotopic (exact) mass is 349 g/mol. The predicted octanol–water partition coefficient (Wildman–Crippen LogP) is 2.58. The molecule has 2 aromatic rings. The highest BCUT2D eigenvalue weighted by Crippen LogP contribution is 2.28. The topological polar surface area (TPSA) is 56.6 Å². The number of hydrogen-bond acceptors (Lipinski definition) is 5. The zero-order valence-corrected chi connectivity index (χ0v) is 15.3. The zero-order valence-electron chi connectivity index (χ0n) is 14.5. The van der Waals surface area contributed by atoms with Crippen molar-refractivity contribution in [3.63, 3.8) is 0 Å². The van der Waals surface area contributed by atoms with Gasteiger partial charge in [-0.05, 0) is 24.6 Å². The average molecular weight is 349 g/mol. The molecule has 0 atom stereocenters. The smallest absolute Gasteiger partial charge is 0.233 e. The van der Waals surface area contributed by atoms with Crippen LogP contribution in [0.2, 0.25) is 0 Å². The standard InChI is InChI=1S/C17H23N3O3S/c1-5-20(16(21)12-24-17-18-8-9-19(17)2)11-13-6-7-14(22-3)15(10-13)23-4/h6-10H,5,11-12H2,1-4H3. The Kier molecular flexibility index (Phi) is 6.54. The molecule has 0 fully saturated rings. The summed E-state index contributed by atoms with van der Waals surface area (Å²) in [6.45, 7) is 3.16. The number of aryl methyl sites for hydroxylation is 1. The SMILES string of the molecule is CCN(Cc1ccc(OC)c(OC)c1)C(=O)CSc1nccn1C. The molecule has 7 heteroatoms. The fraction of sp³-hybridized carbons (Fsp3) is 0.412. The van der Waals surface area contributed by atoms with Crippen LogP contribution in [0.5, 0.6) is 11.5 Å². The van der Waals surface area contributed by atoms with Crippen molar-refractivity contribution in [2.75, 3.05) is 26.5 Å². The van der Waals surface area contributed by atoms with Crippen LogP contribution in [-0.2, 0) is 18.4 Å². The second kappa shape index (κ2) is 8.63. The quantitative estimate of drug-likeness (QED) is 0.686. The number of methoxy groups -OCH3 is 2. The lowest BCUT2D eigenvalue weighted by Gasteiger charge is -2.21. The van der Waals surface area contributed by atoms with Gasteiger partial charge in [0.2, 0.25) is 5.91 Å². The highest BCUT2D eigenvalue weighted by molar-refractivity contribution is 7.99. The van der Waals surface area contributed by atoms with E-state index in [1.807, 2.05) is 47.8 Å². The van der Waals surface area contributed by atoms with E-state index in [1.54, 1.807) is 20.4 Å². The molecule has 2 rings (SSSR count). The Morgan fingerprint density at radius 3 is 2.62 bits per heavy atom. The summed E-state index contributed by atoms with van der Waals surface area (Å²) in [6.07, 6.45) is 3.60. The van der Waals surface area contributed by atoms with Crippen LogP contribution in [0.15, 0.2) is 35.7 Å². The first-order chi connectivity index (χ1) is 11.6. The Morgan fingerprint density at radius 2 is 2.04 bits per heavy atom. The number of aromatic nitrogens is 2. The molecule has 6 nitrogen and oxygen atoms in total. The number of amides is 1. The lowest BCUT2D eigenvalue weighted by atomic mass is 10.2. The van der Waals surface area contributed by atoms with E-state index in [1.165, 1.54) is 11.8 Å². The molecular weight excluding hydrogens is 326 g/mol. The van der Waals surface area contributed by atoms with Crippen molar-refractivity contribution >= 4 is 17.7 Å². The first-order valence-electron chi connectivity index (χ1n) is 7.67. The maximum atomic E-state index is 12.5. The van der Waals surface area contributed by atoms with E-state index >= 15 is 0 Å². The number of carbonyl (C=O) groups excluding carboxylic acids is 1. The second-order valence-corrected chi connectivity index (χ2v) is 6.15. The van der Waals surface area contributed by atoms with Crippen molar-refractivity contribution in [3.8, 4) is 11.5 Å². The average Bonchev–Trinajstić information content (AvgIpc) is 3.02. The third-order valence-electron chi connectivity index (χ3n) is 3.66. The molecule has 0 saturated carbocycles. The fourth-order valence-corrected chi connectivity index (χ4v) is 3.12. The van der Waals surface area contributed by atoms with Gasteiger partial charge in [0.15, 0.2) is 16.7 Å². The van der Waals surface area contributed by atoms with E-state index in [9.17, 15) is 4.79 Å². The van der Waals surface area contributed by atoms with Crippen molar-refractivity contribution in [3.05, 3.63) is 36.2 Å². The van der Waals surface area contributed by atoms with Gasteiger partial charge >= 0.3 is 0 Å². The van der Waals surface area contributed by atoms with Gasteiger partial charge in [0.25, 0.3) is 0 Å². The first-order valence-corrected chi connectivity index (χ1v) is 8.66. The summed E-state index contributed by atoms with van der Waals surface area (Å²) in [7, 11) is 5.13. The van der Waals surface area contributed by atoms with Crippen LogP contribution in [0.4, 0.5) is 0 Å². The second-order valence-electron chi connectivity index (χ2n) is 5.21. The minimum absolute atomic E-state index is 0.0836. The molecule has 0 N–H and O–H groups in total. The number of nitrogens with zero attached hydrogens (tertiary/aromatic N) is 3. The summed E-state index contributed by atoms with van der Waals surface area (Å²) >= 11 is 1.45. The molecule has 0 bridgehead atoms. The Morgan fingerprint density at radius 1 is 1.29 bits per heavy atom. The molecule has 0 radical (unpaired) electrons. The molecule has 0 aliphatic rings. The third kappa shape index (κ3) is 4.44. The number of hydrogen-bond donors (Lipinski definition) is 0. The van der Waals surface area contributed by atoms with Crippen LogP contribution in [0.3, 0.4) is 0 Å². The Bertz CT molecular complexity index is 687. The summed E-state index contributed by atoms with van der Waals surface area (Å²) in [5, 5.41) is 0.838. The van der Waals surface area contributed by atoms with Crippen LogP contribution in [0.25, 0.3) is 0 Å². The molecule has 1 amide bonds. The summed E-state index contributed by atoms with van der Waals surface area (Å²) in [6, 6.07) is 5.71. The molecule has 0 saturated heterocycles. The number of benzene rings is 1. The Hall–Kier alpha value is -2.15. The van der Waals surface area contributed by atoms with E-state index in [4.69, 9.17) is 9.47 Å². The number of rotatable bonds is 8. The van der Waals surface area contributed by atoms with Gasteiger partial charge in [0.05, 0.1) is 20.0 Å². The number of imidazole rings is 1. The van der Waals surface area contributed by atoms with Crippen LogP contribution >= 0.6 is 11.8 Å². The van der Waals surface area contributed by atoms with Crippen LogP contribution < -0.4 is 9.47 Å². The molecule has 0 unspecified atom stereocenters. The molecule has 0 aliphatic carbocycles. The number of thioether (sulfide) groups is 1. The van der Waals surface area contributed by atoms with Crippen molar-refractivity contribution in [1.82, 2.24) is 14.5 Å². The largest absolute Gasteiger partial charge is 0.493 e. The highest BCUT2D eigenvalue weighted by Gasteiger charge is 2.15. The molecule has 1 aromatic heterocycles. The van der Waals surface area contributed by atoms with E-state index in [0.717, 1.165) is 10.7 Å². The summed E-state index contributed by atoms with van der Waals surface area (Å²) in [5.41, 5.74) is 1.00. The molecule has 0 spiro atoms. The van der Waals surface area contributed by atoms with Gasteiger partial charge in [-0.3, -0.25) is 4.79 Å². The van der Waals surface area contributed by atoms with Gasteiger partial charge in [-0.2, -0.15) is 0 Å². The maximum Gasteiger partial charge on any atom is 0.233 e. The van der Waals surface area contributed by atoms with Gasteiger partial charge in [-0.15, -0.1) is 0 Å². The number of ether oxygens (including phenoxy) is 2. The summed E-state index contributed by atoms with van der Waals surface area (Å²) in [5.74, 6) is 1.80. The minimum Gasteiger partial charge on any atom is -0.493 e. The zero-order chi connectivity index (χ0) is 17.5. The maximum absolute atomic E-state index is 12.5. The molecule has 1 heterocycles. The predicted molar refractivity (Wildman–Crippen MR) is 94.6 cm³/mol. The molecular formula is C17H23N3O3S. The fourth-order valence-electron chi connectivity index (χ4n) is 2.28. The van der Waals surface area contributed by atoms with Crippen molar-refractivity contribution in [2.24, 2.45) is 7.05 Å². The molecule has 0 aliphatic heterocycles. The van der Waals surface area contributed by atoms with Gasteiger partial charge < -0.3 is 18.9 Å². The lowest BCUT2D eigenvalue weighted by molar-refractivity contribution is -0.128. The van der Waals surface area contributed by atoms with Gasteiger partial charge in [0, 0.05) is 32.5 Å². The molecule has 1 aromatic carbocycles. The van der Waals surface area contributed by atoms with Crippen LogP contribution in [-0.4, -0.2) is 46.9 Å².